The molecule has 0 aromatic heterocycles. The summed E-state index contributed by atoms with van der Waals surface area (Å²) in [5.74, 6) is 0. The van der Waals surface area contributed by atoms with E-state index in [4.69, 9.17) is 5.11 Å². The molecule has 2 heteroatoms. The van der Waals surface area contributed by atoms with E-state index in [9.17, 15) is 0 Å². The molecule has 1 aliphatic rings. The van der Waals surface area contributed by atoms with Gasteiger partial charge < -0.3 is 5.11 Å². The minimum absolute atomic E-state index is 0.122. The van der Waals surface area contributed by atoms with Crippen LogP contribution in [0.2, 0.25) is 0 Å². The highest BCUT2D eigenvalue weighted by Gasteiger charge is 2.20. The molecule has 2 atom stereocenters. The number of hydrogen-bond acceptors (Lipinski definition) is 2. The Bertz CT molecular complexity index is 57.1. The summed E-state index contributed by atoms with van der Waals surface area (Å²) in [4.78, 5) is 0. The van der Waals surface area contributed by atoms with Crippen molar-refractivity contribution < 1.29 is 5.11 Å². The fourth-order valence-corrected chi connectivity index (χ4v) is 1.25. The van der Waals surface area contributed by atoms with Crippen LogP contribution in [0.4, 0.5) is 0 Å². The first-order valence-electron chi connectivity index (χ1n) is 2.67. The number of aliphatic hydroxyl groups excluding tert-OH is 1. The average Bonchev–Trinajstić information content (AvgIpc) is 1.91. The van der Waals surface area contributed by atoms with Crippen molar-refractivity contribution in [1.29, 1.82) is 0 Å². The maximum atomic E-state index is 8.92. The summed E-state index contributed by atoms with van der Waals surface area (Å²) in [6, 6.07) is 0. The molecule has 0 aromatic carbocycles. The van der Waals surface area contributed by atoms with Crippen molar-refractivity contribution in [3.05, 3.63) is 0 Å². The fraction of sp³-hybridized carbons (Fsp3) is 1.00. The predicted molar refractivity (Wildman–Crippen MR) is 32.6 cm³/mol. The molecule has 0 radical (unpaired) electrons. The molecule has 1 rings (SSSR count). The zero-order valence-corrected chi connectivity index (χ0v) is 5.06. The number of hydrogen-bond donors (Lipinski definition) is 2. The quantitative estimate of drug-likeness (QED) is 0.451. The molecule has 1 nitrogen and oxygen atoms in total. The Hall–Kier alpha value is 0.310. The maximum absolute atomic E-state index is 8.92. The highest BCUT2D eigenvalue weighted by molar-refractivity contribution is 7.81. The largest absolute Gasteiger partial charge is 0.392 e. The summed E-state index contributed by atoms with van der Waals surface area (Å²) in [6.45, 7) is 0. The van der Waals surface area contributed by atoms with Gasteiger partial charge in [-0.3, -0.25) is 0 Å². The van der Waals surface area contributed by atoms with Crippen molar-refractivity contribution in [2.24, 2.45) is 0 Å². The molecule has 1 fully saturated rings. The minimum atomic E-state index is -0.122. The third kappa shape index (κ3) is 1.10. The molecule has 2 unspecified atom stereocenters. The topological polar surface area (TPSA) is 20.2 Å². The monoisotopic (exact) mass is 118 g/mol. The van der Waals surface area contributed by atoms with Gasteiger partial charge in [-0.05, 0) is 19.3 Å². The first-order valence-corrected chi connectivity index (χ1v) is 3.18. The van der Waals surface area contributed by atoms with Crippen LogP contribution in [0, 0.1) is 0 Å². The summed E-state index contributed by atoms with van der Waals surface area (Å²) in [5.41, 5.74) is 0. The van der Waals surface area contributed by atoms with Gasteiger partial charge in [-0.2, -0.15) is 12.6 Å². The molecule has 0 saturated heterocycles. The summed E-state index contributed by atoms with van der Waals surface area (Å²) < 4.78 is 0. The van der Waals surface area contributed by atoms with Crippen LogP contribution in [0.3, 0.4) is 0 Å². The van der Waals surface area contributed by atoms with Gasteiger partial charge in [0.15, 0.2) is 0 Å². The van der Waals surface area contributed by atoms with Gasteiger partial charge in [0.25, 0.3) is 0 Å². The van der Waals surface area contributed by atoms with E-state index in [2.05, 4.69) is 12.6 Å². The van der Waals surface area contributed by atoms with Gasteiger partial charge in [0.05, 0.1) is 6.10 Å². The molecule has 1 saturated carbocycles. The van der Waals surface area contributed by atoms with Gasteiger partial charge in [-0.25, -0.2) is 0 Å². The number of thiol groups is 1. The summed E-state index contributed by atoms with van der Waals surface area (Å²) in [6.07, 6.45) is 3.07. The second-order valence-corrected chi connectivity index (χ2v) is 2.73. The molecular weight excluding hydrogens is 108 g/mol. The van der Waals surface area contributed by atoms with E-state index in [-0.39, 0.29) is 11.4 Å². The van der Waals surface area contributed by atoms with Gasteiger partial charge in [0.2, 0.25) is 0 Å². The molecule has 42 valence electrons. The van der Waals surface area contributed by atoms with Gasteiger partial charge in [0.1, 0.15) is 0 Å². The Balaban J connectivity index is 2.33. The predicted octanol–water partition coefficient (Wildman–Crippen LogP) is 0.830. The molecule has 0 aromatic rings. The van der Waals surface area contributed by atoms with Crippen LogP contribution in [0.25, 0.3) is 0 Å². The van der Waals surface area contributed by atoms with Gasteiger partial charge >= 0.3 is 0 Å². The van der Waals surface area contributed by atoms with E-state index < -0.39 is 0 Å². The Morgan fingerprint density at radius 1 is 1.43 bits per heavy atom. The van der Waals surface area contributed by atoms with Crippen LogP contribution in [-0.4, -0.2) is 16.5 Å². The van der Waals surface area contributed by atoms with Crippen LogP contribution in [0.1, 0.15) is 19.3 Å². The zero-order valence-electron chi connectivity index (χ0n) is 4.17. The summed E-state index contributed by atoms with van der Waals surface area (Å²) in [7, 11) is 0. The van der Waals surface area contributed by atoms with Crippen LogP contribution in [-0.2, 0) is 0 Å². The average molecular weight is 118 g/mol. The number of aliphatic hydroxyl groups is 1. The molecule has 0 spiro atoms. The molecule has 1 N–H and O–H groups in total. The van der Waals surface area contributed by atoms with E-state index >= 15 is 0 Å². The lowest BCUT2D eigenvalue weighted by Gasteiger charge is -2.03. The normalized spacial score (nSPS) is 42.0. The van der Waals surface area contributed by atoms with Crippen molar-refractivity contribution in [1.82, 2.24) is 0 Å². The van der Waals surface area contributed by atoms with E-state index in [1.807, 2.05) is 0 Å². The van der Waals surface area contributed by atoms with Gasteiger partial charge in [-0.1, -0.05) is 0 Å². The Morgan fingerprint density at radius 3 is 2.29 bits per heavy atom. The maximum Gasteiger partial charge on any atom is 0.0656 e. The van der Waals surface area contributed by atoms with E-state index in [1.54, 1.807) is 0 Å². The summed E-state index contributed by atoms with van der Waals surface area (Å²) in [5, 5.41) is 9.19. The third-order valence-electron chi connectivity index (χ3n) is 1.44. The lowest BCUT2D eigenvalue weighted by atomic mass is 10.3. The van der Waals surface area contributed by atoms with E-state index in [0.29, 0.717) is 0 Å². The molecular formula is C5H10OS. The smallest absolute Gasteiger partial charge is 0.0656 e. The molecule has 0 bridgehead atoms. The van der Waals surface area contributed by atoms with Gasteiger partial charge in [0, 0.05) is 5.25 Å². The highest BCUT2D eigenvalue weighted by Crippen LogP contribution is 2.22. The second-order valence-electron chi connectivity index (χ2n) is 2.07. The lowest BCUT2D eigenvalue weighted by Crippen LogP contribution is -2.11. The van der Waals surface area contributed by atoms with Crippen molar-refractivity contribution in [3.8, 4) is 0 Å². The van der Waals surface area contributed by atoms with E-state index in [1.165, 1.54) is 0 Å². The Labute approximate surface area is 49.1 Å². The zero-order chi connectivity index (χ0) is 5.28. The standard InChI is InChI=1S/C5H10OS/c6-4-2-1-3-5(4)7/h4-7H,1-3H2. The fourth-order valence-electron chi connectivity index (χ4n) is 0.921. The Kier molecular flexibility index (Phi) is 1.60. The number of rotatable bonds is 0. The highest BCUT2D eigenvalue weighted by atomic mass is 32.1. The van der Waals surface area contributed by atoms with Crippen molar-refractivity contribution >= 4 is 12.6 Å². The lowest BCUT2D eigenvalue weighted by molar-refractivity contribution is 0.188. The summed E-state index contributed by atoms with van der Waals surface area (Å²) >= 11 is 4.14. The molecule has 0 amide bonds. The minimum Gasteiger partial charge on any atom is -0.392 e. The Morgan fingerprint density at radius 2 is 2.14 bits per heavy atom. The van der Waals surface area contributed by atoms with Crippen LogP contribution < -0.4 is 0 Å². The second kappa shape index (κ2) is 2.05. The van der Waals surface area contributed by atoms with Crippen molar-refractivity contribution in [3.63, 3.8) is 0 Å². The first-order chi connectivity index (χ1) is 3.30. The van der Waals surface area contributed by atoms with Gasteiger partial charge in [-0.15, -0.1) is 0 Å². The van der Waals surface area contributed by atoms with E-state index in [0.717, 1.165) is 19.3 Å². The molecule has 0 aliphatic heterocycles. The SMILES string of the molecule is OC1CCCC1S. The van der Waals surface area contributed by atoms with Crippen molar-refractivity contribution in [2.45, 2.75) is 30.6 Å². The molecule has 7 heavy (non-hydrogen) atoms. The van der Waals surface area contributed by atoms with Crippen LogP contribution >= 0.6 is 12.6 Å². The van der Waals surface area contributed by atoms with Crippen molar-refractivity contribution in [2.75, 3.05) is 0 Å². The first kappa shape index (κ1) is 5.45. The molecule has 1 aliphatic carbocycles. The van der Waals surface area contributed by atoms with Crippen LogP contribution in [0.5, 0.6) is 0 Å². The molecule has 0 heterocycles. The van der Waals surface area contributed by atoms with Crippen LogP contribution in [0.15, 0.2) is 0 Å². The third-order valence-corrected chi connectivity index (χ3v) is 2.05.